The van der Waals surface area contributed by atoms with Crippen molar-refractivity contribution in [1.29, 1.82) is 0 Å². The third-order valence-electron chi connectivity index (χ3n) is 2.33. The van der Waals surface area contributed by atoms with E-state index in [2.05, 4.69) is 25.3 Å². The third kappa shape index (κ3) is 5.61. The number of nitrogens with one attached hydrogen (secondary N) is 2. The minimum absolute atomic E-state index is 0.0753. The first-order chi connectivity index (χ1) is 9.67. The van der Waals surface area contributed by atoms with Crippen molar-refractivity contribution in [3.63, 3.8) is 0 Å². The zero-order chi connectivity index (χ0) is 14.8. The number of amides is 1. The molecular formula is C12H18N4O4. The number of rotatable bonds is 8. The summed E-state index contributed by atoms with van der Waals surface area (Å²) in [7, 11) is 2.85. The summed E-state index contributed by atoms with van der Waals surface area (Å²) in [4.78, 5) is 30.4. The lowest BCUT2D eigenvalue weighted by atomic mass is 10.4. The van der Waals surface area contributed by atoms with Crippen LogP contribution in [-0.4, -0.2) is 55.8 Å². The lowest BCUT2D eigenvalue weighted by Crippen LogP contribution is -2.28. The molecule has 1 aromatic heterocycles. The van der Waals surface area contributed by atoms with E-state index in [0.29, 0.717) is 31.9 Å². The zero-order valence-corrected chi connectivity index (χ0v) is 11.5. The number of anilines is 1. The van der Waals surface area contributed by atoms with Crippen LogP contribution in [0.3, 0.4) is 0 Å². The molecule has 1 aromatic rings. The van der Waals surface area contributed by atoms with Gasteiger partial charge in [0, 0.05) is 26.6 Å². The molecule has 0 radical (unpaired) electrons. The van der Waals surface area contributed by atoms with Gasteiger partial charge < -0.3 is 20.1 Å². The van der Waals surface area contributed by atoms with Crippen LogP contribution in [0.2, 0.25) is 0 Å². The fraction of sp³-hybridized carbons (Fsp3) is 0.500. The second-order valence-corrected chi connectivity index (χ2v) is 3.80. The molecule has 0 aliphatic heterocycles. The molecule has 2 N–H and O–H groups in total. The van der Waals surface area contributed by atoms with E-state index in [0.717, 1.165) is 0 Å². The summed E-state index contributed by atoms with van der Waals surface area (Å²) in [6.07, 6.45) is 3.03. The Morgan fingerprint density at radius 2 is 2.00 bits per heavy atom. The highest BCUT2D eigenvalue weighted by molar-refractivity contribution is 5.86. The van der Waals surface area contributed by atoms with E-state index in [4.69, 9.17) is 4.74 Å². The molecule has 1 rings (SSSR count). The second-order valence-electron chi connectivity index (χ2n) is 3.80. The topological polar surface area (TPSA) is 102 Å². The van der Waals surface area contributed by atoms with Crippen molar-refractivity contribution in [2.75, 3.05) is 39.2 Å². The van der Waals surface area contributed by atoms with E-state index in [9.17, 15) is 9.59 Å². The van der Waals surface area contributed by atoms with Crippen LogP contribution in [0.5, 0.6) is 0 Å². The lowest BCUT2D eigenvalue weighted by Gasteiger charge is -2.06. The molecule has 1 amide bonds. The number of aromatic nitrogens is 2. The molecule has 0 aliphatic rings. The fourth-order valence-corrected chi connectivity index (χ4v) is 1.31. The summed E-state index contributed by atoms with van der Waals surface area (Å²) in [6, 6.07) is 0. The summed E-state index contributed by atoms with van der Waals surface area (Å²) >= 11 is 0. The second kappa shape index (κ2) is 8.81. The van der Waals surface area contributed by atoms with Crippen molar-refractivity contribution in [3.05, 3.63) is 18.1 Å². The molecular weight excluding hydrogens is 264 g/mol. The van der Waals surface area contributed by atoms with Crippen LogP contribution in [0.1, 0.15) is 16.9 Å². The molecule has 20 heavy (non-hydrogen) atoms. The van der Waals surface area contributed by atoms with Gasteiger partial charge in [0.15, 0.2) is 5.69 Å². The number of carbonyl (C=O) groups excluding carboxylic acids is 2. The maximum Gasteiger partial charge on any atom is 0.358 e. The van der Waals surface area contributed by atoms with E-state index >= 15 is 0 Å². The Labute approximate surface area is 116 Å². The van der Waals surface area contributed by atoms with E-state index < -0.39 is 5.97 Å². The average molecular weight is 282 g/mol. The lowest BCUT2D eigenvalue weighted by molar-refractivity contribution is -0.121. The first-order valence-corrected chi connectivity index (χ1v) is 6.07. The van der Waals surface area contributed by atoms with Gasteiger partial charge in [0.25, 0.3) is 0 Å². The molecule has 0 spiro atoms. The summed E-state index contributed by atoms with van der Waals surface area (Å²) in [5.74, 6) is -0.127. The highest BCUT2D eigenvalue weighted by atomic mass is 16.5. The van der Waals surface area contributed by atoms with E-state index in [-0.39, 0.29) is 11.6 Å². The number of hydrogen-bond acceptors (Lipinski definition) is 7. The van der Waals surface area contributed by atoms with Gasteiger partial charge in [-0.05, 0) is 0 Å². The molecule has 0 aromatic carbocycles. The van der Waals surface area contributed by atoms with E-state index in [1.54, 1.807) is 7.11 Å². The molecule has 0 fully saturated rings. The quantitative estimate of drug-likeness (QED) is 0.504. The molecule has 1 heterocycles. The number of hydrogen-bond donors (Lipinski definition) is 2. The zero-order valence-electron chi connectivity index (χ0n) is 11.5. The summed E-state index contributed by atoms with van der Waals surface area (Å²) in [5, 5.41) is 5.63. The average Bonchev–Trinajstić information content (AvgIpc) is 2.47. The normalized spacial score (nSPS) is 9.90. The summed E-state index contributed by atoms with van der Waals surface area (Å²) < 4.78 is 9.33. The van der Waals surface area contributed by atoms with Crippen LogP contribution in [-0.2, 0) is 14.3 Å². The third-order valence-corrected chi connectivity index (χ3v) is 2.33. The van der Waals surface area contributed by atoms with Gasteiger partial charge in [-0.1, -0.05) is 0 Å². The Bertz CT molecular complexity index is 436. The van der Waals surface area contributed by atoms with Gasteiger partial charge in [-0.2, -0.15) is 0 Å². The van der Waals surface area contributed by atoms with Crippen LogP contribution in [0.15, 0.2) is 12.4 Å². The monoisotopic (exact) mass is 282 g/mol. The van der Waals surface area contributed by atoms with Crippen molar-refractivity contribution < 1.29 is 19.1 Å². The summed E-state index contributed by atoms with van der Waals surface area (Å²) in [5.41, 5.74) is 0.135. The van der Waals surface area contributed by atoms with Crippen molar-refractivity contribution >= 4 is 17.7 Å². The molecule has 0 bridgehead atoms. The molecule has 0 atom stereocenters. The SMILES string of the molecule is COCCNC(=O)CCNc1cnc(C(=O)OC)cn1. The minimum atomic E-state index is -0.540. The summed E-state index contributed by atoms with van der Waals surface area (Å²) in [6.45, 7) is 1.40. The van der Waals surface area contributed by atoms with Crippen LogP contribution < -0.4 is 10.6 Å². The van der Waals surface area contributed by atoms with E-state index in [1.165, 1.54) is 19.5 Å². The standard InChI is InChI=1S/C12H18N4O4/c1-19-6-5-14-11(17)3-4-13-10-8-15-9(7-16-10)12(18)20-2/h7-8H,3-6H2,1-2H3,(H,13,16)(H,14,17). The predicted molar refractivity (Wildman–Crippen MR) is 71.4 cm³/mol. The van der Waals surface area contributed by atoms with Gasteiger partial charge in [0.1, 0.15) is 5.82 Å². The van der Waals surface area contributed by atoms with Crippen LogP contribution in [0.25, 0.3) is 0 Å². The van der Waals surface area contributed by atoms with Crippen molar-refractivity contribution in [2.24, 2.45) is 0 Å². The highest BCUT2D eigenvalue weighted by Gasteiger charge is 2.07. The van der Waals surface area contributed by atoms with Gasteiger partial charge in [-0.25, -0.2) is 14.8 Å². The Morgan fingerprint density at radius 1 is 1.20 bits per heavy atom. The van der Waals surface area contributed by atoms with Crippen LogP contribution in [0, 0.1) is 0 Å². The first-order valence-electron chi connectivity index (χ1n) is 6.07. The van der Waals surface area contributed by atoms with Crippen molar-refractivity contribution in [2.45, 2.75) is 6.42 Å². The maximum atomic E-state index is 11.4. The number of ether oxygens (including phenoxy) is 2. The predicted octanol–water partition coefficient (Wildman–Crippen LogP) is -0.172. The number of methoxy groups -OCH3 is 2. The largest absolute Gasteiger partial charge is 0.464 e. The van der Waals surface area contributed by atoms with E-state index in [1.807, 2.05) is 0 Å². The van der Waals surface area contributed by atoms with Gasteiger partial charge in [-0.15, -0.1) is 0 Å². The molecule has 0 saturated carbocycles. The molecule has 8 heteroatoms. The molecule has 0 saturated heterocycles. The van der Waals surface area contributed by atoms with Crippen LogP contribution >= 0.6 is 0 Å². The first kappa shape index (κ1) is 15.8. The molecule has 8 nitrogen and oxygen atoms in total. The Morgan fingerprint density at radius 3 is 2.60 bits per heavy atom. The van der Waals surface area contributed by atoms with Crippen molar-refractivity contribution in [3.8, 4) is 0 Å². The van der Waals surface area contributed by atoms with Crippen LogP contribution in [0.4, 0.5) is 5.82 Å². The van der Waals surface area contributed by atoms with Gasteiger partial charge in [0.05, 0.1) is 26.1 Å². The number of esters is 1. The van der Waals surface area contributed by atoms with Gasteiger partial charge >= 0.3 is 5.97 Å². The Kier molecular flexibility index (Phi) is 6.97. The fourth-order valence-electron chi connectivity index (χ4n) is 1.31. The highest BCUT2D eigenvalue weighted by Crippen LogP contribution is 2.02. The van der Waals surface area contributed by atoms with Gasteiger partial charge in [-0.3, -0.25) is 4.79 Å². The molecule has 0 unspecified atom stereocenters. The smallest absolute Gasteiger partial charge is 0.358 e. The van der Waals surface area contributed by atoms with Gasteiger partial charge in [0.2, 0.25) is 5.91 Å². The maximum absolute atomic E-state index is 11.4. The number of carbonyl (C=O) groups is 2. The number of nitrogens with zero attached hydrogens (tertiary/aromatic N) is 2. The van der Waals surface area contributed by atoms with Crippen molar-refractivity contribution in [1.82, 2.24) is 15.3 Å². The molecule has 110 valence electrons. The Balaban J connectivity index is 2.28. The molecule has 0 aliphatic carbocycles. The Hall–Kier alpha value is -2.22. The minimum Gasteiger partial charge on any atom is -0.464 e.